The molecule has 11 heavy (non-hydrogen) atoms. The van der Waals surface area contributed by atoms with Gasteiger partial charge in [-0.2, -0.15) is 5.10 Å². The van der Waals surface area contributed by atoms with Gasteiger partial charge in [0.05, 0.1) is 0 Å². The summed E-state index contributed by atoms with van der Waals surface area (Å²) in [5.41, 5.74) is 1.11. The molecule has 0 rings (SSSR count). The molecule has 0 heterocycles. The number of hydrogen-bond acceptors (Lipinski definition) is 2. The molecule has 0 aromatic rings. The Kier molecular flexibility index (Phi) is 5.53. The SMILES string of the molecule is C=C(C=NN(C)C)CCCC. The molecule has 0 fully saturated rings. The van der Waals surface area contributed by atoms with Gasteiger partial charge in [0.25, 0.3) is 0 Å². The summed E-state index contributed by atoms with van der Waals surface area (Å²) in [7, 11) is 3.81. The fourth-order valence-electron chi connectivity index (χ4n) is 0.666. The molecule has 2 nitrogen and oxygen atoms in total. The summed E-state index contributed by atoms with van der Waals surface area (Å²) in [5.74, 6) is 0. The molecule has 0 aliphatic carbocycles. The molecule has 0 saturated heterocycles. The van der Waals surface area contributed by atoms with Crippen LogP contribution in [0.4, 0.5) is 0 Å². The van der Waals surface area contributed by atoms with Crippen molar-refractivity contribution < 1.29 is 0 Å². The minimum atomic E-state index is 1.06. The summed E-state index contributed by atoms with van der Waals surface area (Å²) in [6, 6.07) is 0. The molecule has 0 spiro atoms. The van der Waals surface area contributed by atoms with E-state index in [-0.39, 0.29) is 0 Å². The zero-order valence-electron chi connectivity index (χ0n) is 7.80. The predicted molar refractivity (Wildman–Crippen MR) is 50.8 cm³/mol. The average molecular weight is 154 g/mol. The molecular formula is C9H18N2. The quantitative estimate of drug-likeness (QED) is 0.438. The van der Waals surface area contributed by atoms with Crippen molar-refractivity contribution in [3.63, 3.8) is 0 Å². The van der Waals surface area contributed by atoms with Crippen molar-refractivity contribution >= 4 is 6.21 Å². The molecule has 0 aliphatic heterocycles. The Bertz CT molecular complexity index is 136. The monoisotopic (exact) mass is 154 g/mol. The molecule has 0 amide bonds. The third kappa shape index (κ3) is 7.10. The van der Waals surface area contributed by atoms with E-state index >= 15 is 0 Å². The third-order valence-electron chi connectivity index (χ3n) is 1.32. The first kappa shape index (κ1) is 10.2. The number of nitrogens with zero attached hydrogens (tertiary/aromatic N) is 2. The molecule has 0 N–H and O–H groups in total. The number of unbranched alkanes of at least 4 members (excludes halogenated alkanes) is 1. The molecular weight excluding hydrogens is 136 g/mol. The zero-order valence-corrected chi connectivity index (χ0v) is 7.80. The number of rotatable bonds is 5. The molecule has 0 aliphatic rings. The van der Waals surface area contributed by atoms with Gasteiger partial charge in [-0.25, -0.2) is 0 Å². The lowest BCUT2D eigenvalue weighted by molar-refractivity contribution is 0.440. The van der Waals surface area contributed by atoms with Crippen molar-refractivity contribution in [2.75, 3.05) is 14.1 Å². The number of hydrogen-bond donors (Lipinski definition) is 0. The molecule has 0 saturated carbocycles. The van der Waals surface area contributed by atoms with Crippen LogP contribution in [0, 0.1) is 0 Å². The number of allylic oxidation sites excluding steroid dienone is 1. The lowest BCUT2D eigenvalue weighted by Gasteiger charge is -2.03. The van der Waals surface area contributed by atoms with Crippen LogP contribution in [0.15, 0.2) is 17.3 Å². The number of hydrazone groups is 1. The van der Waals surface area contributed by atoms with Crippen LogP contribution >= 0.6 is 0 Å². The van der Waals surface area contributed by atoms with Crippen LogP contribution in [0.5, 0.6) is 0 Å². The highest BCUT2D eigenvalue weighted by Crippen LogP contribution is 2.01. The van der Waals surface area contributed by atoms with Crippen LogP contribution in [0.2, 0.25) is 0 Å². The van der Waals surface area contributed by atoms with Crippen molar-refractivity contribution in [3.05, 3.63) is 12.2 Å². The molecule has 0 aromatic carbocycles. The summed E-state index contributed by atoms with van der Waals surface area (Å²) < 4.78 is 0. The third-order valence-corrected chi connectivity index (χ3v) is 1.32. The second-order valence-electron chi connectivity index (χ2n) is 2.85. The van der Waals surface area contributed by atoms with Crippen molar-refractivity contribution in [3.8, 4) is 0 Å². The standard InChI is InChI=1S/C9H18N2/c1-5-6-7-9(2)8-10-11(3)4/h8H,2,5-7H2,1,3-4H3. The summed E-state index contributed by atoms with van der Waals surface area (Å²) in [6.07, 6.45) is 5.32. The molecule has 0 aromatic heterocycles. The van der Waals surface area contributed by atoms with E-state index in [1.54, 1.807) is 5.01 Å². The van der Waals surface area contributed by atoms with Gasteiger partial charge < -0.3 is 5.01 Å². The molecule has 0 radical (unpaired) electrons. The smallest absolute Gasteiger partial charge is 0.0496 e. The highest BCUT2D eigenvalue weighted by Gasteiger charge is 1.88. The summed E-state index contributed by atoms with van der Waals surface area (Å²) in [4.78, 5) is 0. The topological polar surface area (TPSA) is 15.6 Å². The van der Waals surface area contributed by atoms with Gasteiger partial charge in [0.2, 0.25) is 0 Å². The molecule has 0 atom stereocenters. The second-order valence-corrected chi connectivity index (χ2v) is 2.85. The van der Waals surface area contributed by atoms with Crippen molar-refractivity contribution in [1.82, 2.24) is 5.01 Å². The van der Waals surface area contributed by atoms with Crippen LogP contribution < -0.4 is 0 Å². The van der Waals surface area contributed by atoms with E-state index in [2.05, 4.69) is 18.6 Å². The van der Waals surface area contributed by atoms with E-state index in [1.807, 2.05) is 20.3 Å². The zero-order chi connectivity index (χ0) is 8.69. The van der Waals surface area contributed by atoms with Gasteiger partial charge >= 0.3 is 0 Å². The van der Waals surface area contributed by atoms with Crippen LogP contribution in [0.25, 0.3) is 0 Å². The Hall–Kier alpha value is -0.790. The van der Waals surface area contributed by atoms with E-state index in [0.717, 1.165) is 12.0 Å². The maximum atomic E-state index is 4.09. The maximum absolute atomic E-state index is 4.09. The predicted octanol–water partition coefficient (Wildman–Crippen LogP) is 2.28. The van der Waals surface area contributed by atoms with Crippen LogP contribution in [0.3, 0.4) is 0 Å². The molecule has 2 heteroatoms. The van der Waals surface area contributed by atoms with E-state index in [1.165, 1.54) is 12.8 Å². The van der Waals surface area contributed by atoms with Crippen molar-refractivity contribution in [1.29, 1.82) is 0 Å². The van der Waals surface area contributed by atoms with Crippen LogP contribution in [0.1, 0.15) is 26.2 Å². The fraction of sp³-hybridized carbons (Fsp3) is 0.667. The van der Waals surface area contributed by atoms with E-state index in [9.17, 15) is 0 Å². The van der Waals surface area contributed by atoms with Gasteiger partial charge in [-0.1, -0.05) is 19.9 Å². The van der Waals surface area contributed by atoms with Crippen LogP contribution in [-0.4, -0.2) is 25.3 Å². The lowest BCUT2D eigenvalue weighted by Crippen LogP contribution is -2.02. The second kappa shape index (κ2) is 5.96. The van der Waals surface area contributed by atoms with E-state index in [0.29, 0.717) is 0 Å². The fourth-order valence-corrected chi connectivity index (χ4v) is 0.666. The Labute approximate surface area is 69.6 Å². The lowest BCUT2D eigenvalue weighted by atomic mass is 10.1. The minimum Gasteiger partial charge on any atom is -0.303 e. The summed E-state index contributed by atoms with van der Waals surface area (Å²) >= 11 is 0. The first-order valence-corrected chi connectivity index (χ1v) is 4.06. The van der Waals surface area contributed by atoms with Gasteiger partial charge in [0.15, 0.2) is 0 Å². The van der Waals surface area contributed by atoms with Crippen LogP contribution in [-0.2, 0) is 0 Å². The van der Waals surface area contributed by atoms with Gasteiger partial charge in [-0.05, 0) is 18.4 Å². The van der Waals surface area contributed by atoms with Gasteiger partial charge in [-0.3, -0.25) is 0 Å². The Morgan fingerprint density at radius 3 is 2.64 bits per heavy atom. The van der Waals surface area contributed by atoms with Gasteiger partial charge in [0.1, 0.15) is 0 Å². The Morgan fingerprint density at radius 1 is 1.55 bits per heavy atom. The average Bonchev–Trinajstić information content (AvgIpc) is 1.97. The first-order valence-electron chi connectivity index (χ1n) is 4.06. The van der Waals surface area contributed by atoms with E-state index in [4.69, 9.17) is 0 Å². The van der Waals surface area contributed by atoms with E-state index < -0.39 is 0 Å². The van der Waals surface area contributed by atoms with Crippen molar-refractivity contribution in [2.45, 2.75) is 26.2 Å². The largest absolute Gasteiger partial charge is 0.303 e. The highest BCUT2D eigenvalue weighted by molar-refractivity contribution is 5.77. The Balaban J connectivity index is 3.51. The van der Waals surface area contributed by atoms with Gasteiger partial charge in [0, 0.05) is 20.3 Å². The first-order chi connectivity index (χ1) is 5.16. The maximum Gasteiger partial charge on any atom is 0.0496 e. The normalized spacial score (nSPS) is 10.5. The molecule has 0 unspecified atom stereocenters. The Morgan fingerprint density at radius 2 is 2.18 bits per heavy atom. The summed E-state index contributed by atoms with van der Waals surface area (Å²) in [6.45, 7) is 6.07. The highest BCUT2D eigenvalue weighted by atomic mass is 15.4. The van der Waals surface area contributed by atoms with Gasteiger partial charge in [-0.15, -0.1) is 0 Å². The summed E-state index contributed by atoms with van der Waals surface area (Å²) in [5, 5.41) is 5.86. The molecule has 0 bridgehead atoms. The molecule has 64 valence electrons. The van der Waals surface area contributed by atoms with Crippen molar-refractivity contribution in [2.24, 2.45) is 5.10 Å². The minimum absolute atomic E-state index is 1.06.